The van der Waals surface area contributed by atoms with Crippen LogP contribution in [0.25, 0.3) is 0 Å². The second-order valence-electron chi connectivity index (χ2n) is 5.33. The van der Waals surface area contributed by atoms with E-state index in [4.69, 9.17) is 5.73 Å². The molecule has 2 heterocycles. The first-order valence-electron chi connectivity index (χ1n) is 6.79. The van der Waals surface area contributed by atoms with Gasteiger partial charge in [-0.1, -0.05) is 6.42 Å². The highest BCUT2D eigenvalue weighted by molar-refractivity contribution is 5.10. The molecule has 1 aromatic rings. The molecule has 17 heavy (non-hydrogen) atoms. The molecule has 3 nitrogen and oxygen atoms in total. The largest absolute Gasteiger partial charge is 0.350 e. The second-order valence-corrected chi connectivity index (χ2v) is 5.33. The van der Waals surface area contributed by atoms with Crippen LogP contribution in [0.2, 0.25) is 0 Å². The maximum Gasteiger partial charge on any atom is 0.0421 e. The fourth-order valence-electron chi connectivity index (χ4n) is 2.84. The van der Waals surface area contributed by atoms with Gasteiger partial charge in [-0.15, -0.1) is 0 Å². The molecule has 0 aliphatic carbocycles. The molecule has 0 spiro atoms. The number of rotatable bonds is 4. The van der Waals surface area contributed by atoms with Crippen molar-refractivity contribution in [2.45, 2.75) is 51.2 Å². The fourth-order valence-corrected chi connectivity index (χ4v) is 2.84. The molecule has 0 saturated carbocycles. The van der Waals surface area contributed by atoms with Gasteiger partial charge < -0.3 is 15.2 Å². The Hall–Kier alpha value is -0.800. The van der Waals surface area contributed by atoms with Crippen molar-refractivity contribution >= 4 is 0 Å². The van der Waals surface area contributed by atoms with Gasteiger partial charge >= 0.3 is 0 Å². The number of nitrogens with two attached hydrogens (primary N) is 1. The molecule has 1 aromatic heterocycles. The van der Waals surface area contributed by atoms with E-state index in [2.05, 4.69) is 41.8 Å². The molecular weight excluding hydrogens is 210 g/mol. The van der Waals surface area contributed by atoms with Gasteiger partial charge in [0.05, 0.1) is 0 Å². The number of hydrogen-bond donors (Lipinski definition) is 1. The molecule has 0 amide bonds. The van der Waals surface area contributed by atoms with Crippen molar-refractivity contribution in [3.63, 3.8) is 0 Å². The van der Waals surface area contributed by atoms with Crippen LogP contribution in [0.3, 0.4) is 0 Å². The monoisotopic (exact) mass is 235 g/mol. The van der Waals surface area contributed by atoms with Crippen LogP contribution in [0.5, 0.6) is 0 Å². The first-order chi connectivity index (χ1) is 8.18. The summed E-state index contributed by atoms with van der Waals surface area (Å²) in [6.07, 6.45) is 7.50. The summed E-state index contributed by atoms with van der Waals surface area (Å²) in [5.74, 6) is 0. The molecule has 0 radical (unpaired) electrons. The summed E-state index contributed by atoms with van der Waals surface area (Å²) >= 11 is 0. The molecule has 1 aliphatic rings. The smallest absolute Gasteiger partial charge is 0.0421 e. The molecule has 0 bridgehead atoms. The minimum absolute atomic E-state index is 0.133. The standard InChI is InChI=1S/C14H25N3/c1-12(15)14-7-5-10-17(14)11-8-13-6-3-4-9-16(13)2/h5,7,10,12-13H,3-4,6,8-9,11,15H2,1-2H3. The van der Waals surface area contributed by atoms with Gasteiger partial charge in [0, 0.05) is 30.5 Å². The molecule has 96 valence electrons. The third-order valence-electron chi connectivity index (χ3n) is 3.96. The molecule has 1 fully saturated rings. The highest BCUT2D eigenvalue weighted by Crippen LogP contribution is 2.19. The fraction of sp³-hybridized carbons (Fsp3) is 0.714. The Bertz CT molecular complexity index is 343. The van der Waals surface area contributed by atoms with Crippen molar-refractivity contribution < 1.29 is 0 Å². The van der Waals surface area contributed by atoms with E-state index >= 15 is 0 Å². The lowest BCUT2D eigenvalue weighted by Gasteiger charge is -2.32. The number of aryl methyl sites for hydroxylation is 1. The summed E-state index contributed by atoms with van der Waals surface area (Å²) in [6, 6.07) is 5.12. The first-order valence-corrected chi connectivity index (χ1v) is 6.79. The van der Waals surface area contributed by atoms with Crippen molar-refractivity contribution in [2.75, 3.05) is 13.6 Å². The van der Waals surface area contributed by atoms with E-state index in [1.54, 1.807) is 0 Å². The van der Waals surface area contributed by atoms with E-state index in [1.807, 2.05) is 0 Å². The average molecular weight is 235 g/mol. The number of hydrogen-bond acceptors (Lipinski definition) is 2. The summed E-state index contributed by atoms with van der Waals surface area (Å²) in [4.78, 5) is 2.51. The maximum absolute atomic E-state index is 5.96. The SMILES string of the molecule is CC(N)c1cccn1CCC1CCCCN1C. The van der Waals surface area contributed by atoms with Crippen molar-refractivity contribution in [3.05, 3.63) is 24.0 Å². The van der Waals surface area contributed by atoms with Gasteiger partial charge in [-0.25, -0.2) is 0 Å². The van der Waals surface area contributed by atoms with Crippen LogP contribution in [-0.4, -0.2) is 29.1 Å². The minimum Gasteiger partial charge on any atom is -0.350 e. The summed E-state index contributed by atoms with van der Waals surface area (Å²) in [5.41, 5.74) is 7.22. The predicted octanol–water partition coefficient (Wildman–Crippen LogP) is 2.38. The quantitative estimate of drug-likeness (QED) is 0.869. The van der Waals surface area contributed by atoms with E-state index in [-0.39, 0.29) is 6.04 Å². The van der Waals surface area contributed by atoms with Crippen LogP contribution in [-0.2, 0) is 6.54 Å². The Morgan fingerprint density at radius 1 is 1.47 bits per heavy atom. The Morgan fingerprint density at radius 2 is 2.29 bits per heavy atom. The van der Waals surface area contributed by atoms with Crippen LogP contribution >= 0.6 is 0 Å². The molecular formula is C14H25N3. The van der Waals surface area contributed by atoms with E-state index < -0.39 is 0 Å². The topological polar surface area (TPSA) is 34.2 Å². The van der Waals surface area contributed by atoms with Crippen molar-refractivity contribution in [2.24, 2.45) is 5.73 Å². The molecule has 3 heteroatoms. The predicted molar refractivity (Wildman–Crippen MR) is 71.9 cm³/mol. The van der Waals surface area contributed by atoms with Gasteiger partial charge in [-0.05, 0) is 51.9 Å². The van der Waals surface area contributed by atoms with Crippen LogP contribution in [0.4, 0.5) is 0 Å². The Kier molecular flexibility index (Phi) is 4.24. The van der Waals surface area contributed by atoms with Crippen LogP contribution in [0, 0.1) is 0 Å². The summed E-state index contributed by atoms with van der Waals surface area (Å²) in [7, 11) is 2.26. The summed E-state index contributed by atoms with van der Waals surface area (Å²) < 4.78 is 2.31. The molecule has 2 rings (SSSR count). The summed E-state index contributed by atoms with van der Waals surface area (Å²) in [6.45, 7) is 4.41. The van der Waals surface area contributed by atoms with Crippen LogP contribution in [0.15, 0.2) is 18.3 Å². The zero-order chi connectivity index (χ0) is 12.3. The van der Waals surface area contributed by atoms with E-state index in [0.29, 0.717) is 0 Å². The summed E-state index contributed by atoms with van der Waals surface area (Å²) in [5, 5.41) is 0. The third-order valence-corrected chi connectivity index (χ3v) is 3.96. The van der Waals surface area contributed by atoms with Gasteiger partial charge in [0.1, 0.15) is 0 Å². The number of nitrogens with zero attached hydrogens (tertiary/aromatic N) is 2. The lowest BCUT2D eigenvalue weighted by molar-refractivity contribution is 0.170. The first kappa shape index (κ1) is 12.7. The minimum atomic E-state index is 0.133. The lowest BCUT2D eigenvalue weighted by Crippen LogP contribution is -2.36. The Labute approximate surface area is 105 Å². The Morgan fingerprint density at radius 3 is 3.00 bits per heavy atom. The van der Waals surface area contributed by atoms with Gasteiger partial charge in [0.25, 0.3) is 0 Å². The zero-order valence-electron chi connectivity index (χ0n) is 11.1. The van der Waals surface area contributed by atoms with Crippen molar-refractivity contribution in [3.8, 4) is 0 Å². The van der Waals surface area contributed by atoms with Gasteiger partial charge in [0.15, 0.2) is 0 Å². The maximum atomic E-state index is 5.96. The Balaban J connectivity index is 1.90. The lowest BCUT2D eigenvalue weighted by atomic mass is 10.00. The second kappa shape index (κ2) is 5.69. The molecule has 2 N–H and O–H groups in total. The molecule has 2 unspecified atom stereocenters. The molecule has 2 atom stereocenters. The number of piperidine rings is 1. The van der Waals surface area contributed by atoms with Crippen molar-refractivity contribution in [1.82, 2.24) is 9.47 Å². The highest BCUT2D eigenvalue weighted by atomic mass is 15.1. The van der Waals surface area contributed by atoms with E-state index in [1.165, 1.54) is 37.9 Å². The van der Waals surface area contributed by atoms with Crippen molar-refractivity contribution in [1.29, 1.82) is 0 Å². The molecule has 0 aromatic carbocycles. The highest BCUT2D eigenvalue weighted by Gasteiger charge is 2.18. The van der Waals surface area contributed by atoms with Gasteiger partial charge in [0.2, 0.25) is 0 Å². The number of likely N-dealkylation sites (tertiary alicyclic amines) is 1. The number of aromatic nitrogens is 1. The van der Waals surface area contributed by atoms with Gasteiger partial charge in [-0.2, -0.15) is 0 Å². The third kappa shape index (κ3) is 3.11. The van der Waals surface area contributed by atoms with E-state index in [9.17, 15) is 0 Å². The molecule has 1 saturated heterocycles. The molecule has 1 aliphatic heterocycles. The van der Waals surface area contributed by atoms with Crippen LogP contribution in [0.1, 0.15) is 44.3 Å². The van der Waals surface area contributed by atoms with Crippen LogP contribution < -0.4 is 5.73 Å². The van der Waals surface area contributed by atoms with Gasteiger partial charge in [-0.3, -0.25) is 0 Å². The average Bonchev–Trinajstić information content (AvgIpc) is 2.76. The zero-order valence-corrected chi connectivity index (χ0v) is 11.1. The normalized spacial score (nSPS) is 23.8. The van der Waals surface area contributed by atoms with E-state index in [0.717, 1.165) is 12.6 Å².